The summed E-state index contributed by atoms with van der Waals surface area (Å²) in [6.45, 7) is 4.40. The van der Waals surface area contributed by atoms with Crippen molar-refractivity contribution in [3.05, 3.63) is 63.7 Å². The molecule has 0 fully saturated rings. The van der Waals surface area contributed by atoms with Crippen LogP contribution in [0.2, 0.25) is 5.02 Å². The molecule has 0 atom stereocenters. The van der Waals surface area contributed by atoms with Crippen molar-refractivity contribution in [1.82, 2.24) is 4.90 Å². The third-order valence-corrected chi connectivity index (χ3v) is 5.86. The first-order chi connectivity index (χ1) is 14.3. The molecule has 0 aliphatic carbocycles. The number of anilines is 1. The molecule has 0 saturated heterocycles. The van der Waals surface area contributed by atoms with Gasteiger partial charge < -0.3 is 19.6 Å². The lowest BCUT2D eigenvalue weighted by Gasteiger charge is -2.30. The van der Waals surface area contributed by atoms with Gasteiger partial charge in [0.2, 0.25) is 5.91 Å². The number of fused-ring (bicyclic) bond motifs is 1. The number of carbonyl (C=O) groups excluding carboxylic acids is 2. The summed E-state index contributed by atoms with van der Waals surface area (Å²) < 4.78 is 5.15. The number of halogens is 1. The predicted octanol–water partition coefficient (Wildman–Crippen LogP) is 4.10. The molecule has 0 bridgehead atoms. The van der Waals surface area contributed by atoms with E-state index in [1.165, 1.54) is 19.3 Å². The Kier molecular flexibility index (Phi) is 6.37. The van der Waals surface area contributed by atoms with Gasteiger partial charge in [0.25, 0.3) is 5.91 Å². The Morgan fingerprint density at radius 2 is 2.00 bits per heavy atom. The molecule has 1 N–H and O–H groups in total. The van der Waals surface area contributed by atoms with Crippen LogP contribution in [0, 0.1) is 6.92 Å². The van der Waals surface area contributed by atoms with Crippen LogP contribution >= 0.6 is 11.6 Å². The minimum Gasteiger partial charge on any atom is -0.507 e. The number of hydrogen-bond donors (Lipinski definition) is 1. The number of nitrogens with zero attached hydrogens (tertiary/aromatic N) is 2. The molecule has 30 heavy (non-hydrogen) atoms. The third-order valence-electron chi connectivity index (χ3n) is 5.39. The van der Waals surface area contributed by atoms with E-state index in [-0.39, 0.29) is 23.1 Å². The Morgan fingerprint density at radius 3 is 2.67 bits per heavy atom. The maximum absolute atomic E-state index is 13.2. The molecular formula is C23H25ClN2O4. The molecule has 1 heterocycles. The number of amides is 2. The Labute approximate surface area is 181 Å². The van der Waals surface area contributed by atoms with Gasteiger partial charge in [-0.05, 0) is 55.2 Å². The third kappa shape index (κ3) is 4.00. The van der Waals surface area contributed by atoms with Crippen molar-refractivity contribution in [2.45, 2.75) is 26.8 Å². The zero-order chi connectivity index (χ0) is 22.0. The summed E-state index contributed by atoms with van der Waals surface area (Å²) in [4.78, 5) is 28.6. The molecule has 0 radical (unpaired) electrons. The van der Waals surface area contributed by atoms with E-state index >= 15 is 0 Å². The van der Waals surface area contributed by atoms with Gasteiger partial charge in [-0.3, -0.25) is 9.59 Å². The zero-order valence-corrected chi connectivity index (χ0v) is 18.3. The highest BCUT2D eigenvalue weighted by Crippen LogP contribution is 2.37. The van der Waals surface area contributed by atoms with Gasteiger partial charge in [-0.25, -0.2) is 0 Å². The second-order valence-electron chi connectivity index (χ2n) is 7.24. The lowest BCUT2D eigenvalue weighted by atomic mass is 9.97. The molecule has 0 aromatic heterocycles. The van der Waals surface area contributed by atoms with Crippen LogP contribution in [-0.4, -0.2) is 42.5 Å². The van der Waals surface area contributed by atoms with Crippen LogP contribution in [0.3, 0.4) is 0 Å². The maximum Gasteiger partial charge on any atom is 0.258 e. The minimum atomic E-state index is -0.288. The number of phenolic OH excluding ortho intramolecular Hbond substituents is 1. The lowest BCUT2D eigenvalue weighted by molar-refractivity contribution is -0.113. The number of carbonyl (C=O) groups is 2. The molecule has 0 unspecified atom stereocenters. The fourth-order valence-corrected chi connectivity index (χ4v) is 3.86. The number of rotatable bonds is 4. The van der Waals surface area contributed by atoms with Crippen molar-refractivity contribution >= 4 is 29.1 Å². The Morgan fingerprint density at radius 1 is 1.27 bits per heavy atom. The summed E-state index contributed by atoms with van der Waals surface area (Å²) in [5.41, 5.74) is 3.54. The molecule has 0 spiro atoms. The van der Waals surface area contributed by atoms with Gasteiger partial charge in [0, 0.05) is 31.9 Å². The van der Waals surface area contributed by atoms with E-state index in [1.54, 1.807) is 36.8 Å². The van der Waals surface area contributed by atoms with Crippen LogP contribution in [0.25, 0.3) is 0 Å². The number of likely N-dealkylation sites (N-methyl/N-ethyl adjacent to an activating group) is 1. The van der Waals surface area contributed by atoms with E-state index in [4.69, 9.17) is 16.3 Å². The molecule has 2 amide bonds. The molecule has 2 aromatic carbocycles. The zero-order valence-electron chi connectivity index (χ0n) is 17.5. The highest BCUT2D eigenvalue weighted by atomic mass is 35.5. The molecule has 3 rings (SSSR count). The normalized spacial score (nSPS) is 13.3. The van der Waals surface area contributed by atoms with E-state index in [2.05, 4.69) is 0 Å². The predicted molar refractivity (Wildman–Crippen MR) is 118 cm³/mol. The summed E-state index contributed by atoms with van der Waals surface area (Å²) in [5.74, 6) is -0.237. The van der Waals surface area contributed by atoms with Crippen molar-refractivity contribution in [2.75, 3.05) is 25.6 Å². The van der Waals surface area contributed by atoms with Crippen molar-refractivity contribution in [3.8, 4) is 11.5 Å². The quantitative estimate of drug-likeness (QED) is 0.744. The van der Waals surface area contributed by atoms with Crippen molar-refractivity contribution in [1.29, 1.82) is 0 Å². The number of allylic oxidation sites excluding steroid dienone is 1. The number of methoxy groups -OCH3 is 1. The molecule has 158 valence electrons. The van der Waals surface area contributed by atoms with Gasteiger partial charge >= 0.3 is 0 Å². The number of ether oxygens (including phenoxy) is 1. The fraction of sp³-hybridized carbons (Fsp3) is 0.304. The number of benzene rings is 2. The van der Waals surface area contributed by atoms with Crippen molar-refractivity contribution in [2.24, 2.45) is 0 Å². The monoisotopic (exact) mass is 428 g/mol. The molecular weight excluding hydrogens is 404 g/mol. The molecule has 6 nitrogen and oxygen atoms in total. The lowest BCUT2D eigenvalue weighted by Crippen LogP contribution is -2.36. The number of aromatic hydroxyl groups is 1. The highest BCUT2D eigenvalue weighted by molar-refractivity contribution is 6.33. The minimum absolute atomic E-state index is 0.116. The molecule has 7 heteroatoms. The van der Waals surface area contributed by atoms with Gasteiger partial charge in [-0.2, -0.15) is 0 Å². The second-order valence-corrected chi connectivity index (χ2v) is 7.62. The average Bonchev–Trinajstić information content (AvgIpc) is 2.75. The van der Waals surface area contributed by atoms with E-state index in [1.807, 2.05) is 18.2 Å². The second kappa shape index (κ2) is 8.79. The first-order valence-corrected chi connectivity index (χ1v) is 10.0. The van der Waals surface area contributed by atoms with Gasteiger partial charge in [0.05, 0.1) is 17.7 Å². The summed E-state index contributed by atoms with van der Waals surface area (Å²) in [6.07, 6.45) is 3.90. The van der Waals surface area contributed by atoms with E-state index in [9.17, 15) is 14.7 Å². The maximum atomic E-state index is 13.2. The summed E-state index contributed by atoms with van der Waals surface area (Å²) >= 11 is 6.30. The summed E-state index contributed by atoms with van der Waals surface area (Å²) in [7, 11) is 3.18. The van der Waals surface area contributed by atoms with Crippen LogP contribution < -0.4 is 9.64 Å². The smallest absolute Gasteiger partial charge is 0.258 e. The van der Waals surface area contributed by atoms with E-state index in [0.717, 1.165) is 16.8 Å². The van der Waals surface area contributed by atoms with Crippen LogP contribution in [0.4, 0.5) is 5.69 Å². The highest BCUT2D eigenvalue weighted by Gasteiger charge is 2.27. The Bertz CT molecular complexity index is 1030. The molecule has 2 aromatic rings. The van der Waals surface area contributed by atoms with Crippen LogP contribution in [-0.2, 0) is 17.8 Å². The summed E-state index contributed by atoms with van der Waals surface area (Å²) in [6, 6.07) is 7.21. The molecule has 0 saturated carbocycles. The number of phenols is 1. The first-order valence-electron chi connectivity index (χ1n) is 9.66. The SMILES string of the molecule is C/C=C/C(=O)N(C)c1ccc2c(c1)CN(C(=O)c1c(O)cc(OC)c(Cl)c1C)CC2. The van der Waals surface area contributed by atoms with Crippen LogP contribution in [0.15, 0.2) is 36.4 Å². The Hall–Kier alpha value is -2.99. The number of hydrogen-bond acceptors (Lipinski definition) is 4. The average molecular weight is 429 g/mol. The van der Waals surface area contributed by atoms with Crippen molar-refractivity contribution in [3.63, 3.8) is 0 Å². The van der Waals surface area contributed by atoms with Crippen LogP contribution in [0.1, 0.15) is 34.0 Å². The van der Waals surface area contributed by atoms with E-state index in [0.29, 0.717) is 35.8 Å². The summed E-state index contributed by atoms with van der Waals surface area (Å²) in [5, 5.41) is 10.7. The largest absolute Gasteiger partial charge is 0.507 e. The van der Waals surface area contributed by atoms with Gasteiger partial charge in [0.15, 0.2) is 0 Å². The van der Waals surface area contributed by atoms with Gasteiger partial charge in [-0.1, -0.05) is 23.7 Å². The van der Waals surface area contributed by atoms with Gasteiger partial charge in [-0.15, -0.1) is 0 Å². The first kappa shape index (κ1) is 21.7. The standard InChI is InChI=1S/C23H25ClN2O4/c1-5-6-20(28)25(3)17-8-7-15-9-10-26(13-16(15)11-17)23(29)21-14(2)22(24)19(30-4)12-18(21)27/h5-8,11-12,27H,9-10,13H2,1-4H3/b6-5+. The van der Waals surface area contributed by atoms with E-state index < -0.39 is 0 Å². The Balaban J connectivity index is 1.89. The topological polar surface area (TPSA) is 70.1 Å². The van der Waals surface area contributed by atoms with Crippen molar-refractivity contribution < 1.29 is 19.4 Å². The fourth-order valence-electron chi connectivity index (χ4n) is 3.63. The molecule has 1 aliphatic heterocycles. The van der Waals surface area contributed by atoms with Crippen LogP contribution in [0.5, 0.6) is 11.5 Å². The van der Waals surface area contributed by atoms with Gasteiger partial charge in [0.1, 0.15) is 11.5 Å². The molecule has 1 aliphatic rings.